The van der Waals surface area contributed by atoms with Gasteiger partial charge in [-0.05, 0) is 40.5 Å². The molecule has 0 N–H and O–H groups in total. The van der Waals surface area contributed by atoms with Crippen LogP contribution >= 0.6 is 15.9 Å². The van der Waals surface area contributed by atoms with Crippen LogP contribution in [0.3, 0.4) is 0 Å². The molecule has 1 aromatic heterocycles. The molecular formula is C13H13BrO4. The van der Waals surface area contributed by atoms with Gasteiger partial charge >= 0.3 is 5.97 Å². The fourth-order valence-electron chi connectivity index (χ4n) is 1.69. The molecule has 4 nitrogen and oxygen atoms in total. The molecule has 0 saturated carbocycles. The van der Waals surface area contributed by atoms with Crippen molar-refractivity contribution in [1.29, 1.82) is 0 Å². The molecule has 1 aromatic carbocycles. The molecule has 1 unspecified atom stereocenters. The summed E-state index contributed by atoms with van der Waals surface area (Å²) >= 11 is 3.47. The predicted octanol–water partition coefficient (Wildman–Crippen LogP) is 3.43. The van der Waals surface area contributed by atoms with Gasteiger partial charge in [-0.1, -0.05) is 6.07 Å². The molecule has 96 valence electrons. The number of methoxy groups -OCH3 is 2. The molecule has 5 heteroatoms. The molecule has 0 aliphatic carbocycles. The van der Waals surface area contributed by atoms with Crippen LogP contribution in [0.4, 0.5) is 0 Å². The maximum atomic E-state index is 11.6. The zero-order valence-corrected chi connectivity index (χ0v) is 11.9. The van der Waals surface area contributed by atoms with E-state index in [2.05, 4.69) is 15.9 Å². The molecule has 0 aliphatic heterocycles. The Balaban J connectivity index is 2.59. The molecule has 0 saturated heterocycles. The molecule has 0 radical (unpaired) electrons. The summed E-state index contributed by atoms with van der Waals surface area (Å²) < 4.78 is 14.8. The van der Waals surface area contributed by atoms with Gasteiger partial charge in [-0.15, -0.1) is 0 Å². The quantitative estimate of drug-likeness (QED) is 0.643. The van der Waals surface area contributed by atoms with Crippen molar-refractivity contribution < 1.29 is 18.7 Å². The van der Waals surface area contributed by atoms with E-state index < -0.39 is 10.5 Å². The van der Waals surface area contributed by atoms with E-state index in [-0.39, 0.29) is 0 Å². The SMILES string of the molecule is COC(=O)c1coc2ccc(C(C)(Br)OC)cc12. The van der Waals surface area contributed by atoms with Gasteiger partial charge in [-0.2, -0.15) is 0 Å². The number of hydrogen-bond acceptors (Lipinski definition) is 4. The lowest BCUT2D eigenvalue weighted by atomic mass is 10.1. The minimum absolute atomic E-state index is 0.411. The molecule has 0 amide bonds. The Labute approximate surface area is 113 Å². The monoisotopic (exact) mass is 312 g/mol. The third-order valence-corrected chi connectivity index (χ3v) is 3.66. The third kappa shape index (κ3) is 2.15. The van der Waals surface area contributed by atoms with E-state index in [0.29, 0.717) is 16.5 Å². The van der Waals surface area contributed by atoms with Crippen LogP contribution in [-0.4, -0.2) is 20.2 Å². The fraction of sp³-hybridized carbons (Fsp3) is 0.308. The Bertz CT molecular complexity index is 586. The van der Waals surface area contributed by atoms with Crippen LogP contribution in [0.5, 0.6) is 0 Å². The first kappa shape index (κ1) is 13.1. The Morgan fingerprint density at radius 1 is 1.39 bits per heavy atom. The van der Waals surface area contributed by atoms with Crippen molar-refractivity contribution in [1.82, 2.24) is 0 Å². The molecule has 1 heterocycles. The van der Waals surface area contributed by atoms with Gasteiger partial charge in [0, 0.05) is 12.5 Å². The van der Waals surface area contributed by atoms with E-state index in [1.54, 1.807) is 13.2 Å². The number of carbonyl (C=O) groups is 1. The van der Waals surface area contributed by atoms with Crippen LogP contribution in [-0.2, 0) is 14.0 Å². The Kier molecular flexibility index (Phi) is 3.45. The number of benzene rings is 1. The highest BCUT2D eigenvalue weighted by atomic mass is 79.9. The van der Waals surface area contributed by atoms with Gasteiger partial charge in [0.25, 0.3) is 0 Å². The molecule has 2 aromatic rings. The predicted molar refractivity (Wildman–Crippen MR) is 70.8 cm³/mol. The van der Waals surface area contributed by atoms with Gasteiger partial charge in [0.2, 0.25) is 0 Å². The number of carbonyl (C=O) groups excluding carboxylic acids is 1. The highest BCUT2D eigenvalue weighted by molar-refractivity contribution is 9.09. The number of alkyl halides is 1. The van der Waals surface area contributed by atoms with Crippen molar-refractivity contribution in [3.8, 4) is 0 Å². The van der Waals surface area contributed by atoms with Crippen molar-refractivity contribution >= 4 is 32.9 Å². The smallest absolute Gasteiger partial charge is 0.341 e. The van der Waals surface area contributed by atoms with Gasteiger partial charge in [-0.25, -0.2) is 4.79 Å². The molecule has 0 spiro atoms. The standard InChI is InChI=1S/C13H13BrO4/c1-13(14,17-3)8-4-5-11-9(6-8)10(7-18-11)12(15)16-2/h4-7H,1-3H3. The average molecular weight is 313 g/mol. The summed E-state index contributed by atoms with van der Waals surface area (Å²) in [6, 6.07) is 5.53. The summed E-state index contributed by atoms with van der Waals surface area (Å²) in [4.78, 5) is 11.6. The van der Waals surface area contributed by atoms with E-state index in [0.717, 1.165) is 5.56 Å². The number of fused-ring (bicyclic) bond motifs is 1. The topological polar surface area (TPSA) is 48.7 Å². The summed E-state index contributed by atoms with van der Waals surface area (Å²) in [5.74, 6) is -0.417. The average Bonchev–Trinajstić information content (AvgIpc) is 2.80. The van der Waals surface area contributed by atoms with Gasteiger partial charge < -0.3 is 13.9 Å². The van der Waals surface area contributed by atoms with Crippen molar-refractivity contribution in [3.05, 3.63) is 35.6 Å². The third-order valence-electron chi connectivity index (χ3n) is 2.88. The van der Waals surface area contributed by atoms with E-state index in [4.69, 9.17) is 13.9 Å². The van der Waals surface area contributed by atoms with Gasteiger partial charge in [0.1, 0.15) is 21.9 Å². The van der Waals surface area contributed by atoms with Crippen LogP contribution < -0.4 is 0 Å². The fourth-order valence-corrected chi connectivity index (χ4v) is 1.94. The van der Waals surface area contributed by atoms with Crippen molar-refractivity contribution in [2.24, 2.45) is 0 Å². The highest BCUT2D eigenvalue weighted by Crippen LogP contribution is 2.34. The molecule has 0 fully saturated rings. The van der Waals surface area contributed by atoms with Crippen molar-refractivity contribution in [2.45, 2.75) is 11.4 Å². The zero-order chi connectivity index (χ0) is 13.3. The summed E-state index contributed by atoms with van der Waals surface area (Å²) in [6.45, 7) is 1.88. The summed E-state index contributed by atoms with van der Waals surface area (Å²) in [5, 5.41) is 0.710. The molecule has 0 aliphatic rings. The lowest BCUT2D eigenvalue weighted by Gasteiger charge is -2.21. The summed E-state index contributed by atoms with van der Waals surface area (Å²) in [7, 11) is 2.95. The minimum Gasteiger partial charge on any atom is -0.465 e. The first-order chi connectivity index (χ1) is 8.49. The highest BCUT2D eigenvalue weighted by Gasteiger charge is 2.24. The Morgan fingerprint density at radius 3 is 2.72 bits per heavy atom. The zero-order valence-electron chi connectivity index (χ0n) is 10.3. The van der Waals surface area contributed by atoms with Crippen LogP contribution in [0, 0.1) is 0 Å². The van der Waals surface area contributed by atoms with Crippen LogP contribution in [0.25, 0.3) is 11.0 Å². The summed E-state index contributed by atoms with van der Waals surface area (Å²) in [5.41, 5.74) is 1.94. The number of furan rings is 1. The van der Waals surface area contributed by atoms with Crippen LogP contribution in [0.15, 0.2) is 28.9 Å². The molecule has 18 heavy (non-hydrogen) atoms. The van der Waals surface area contributed by atoms with Gasteiger partial charge in [0.15, 0.2) is 0 Å². The number of esters is 1. The summed E-state index contributed by atoms with van der Waals surface area (Å²) in [6.07, 6.45) is 1.40. The second-order valence-corrected chi connectivity index (χ2v) is 5.49. The van der Waals surface area contributed by atoms with E-state index in [1.807, 2.05) is 19.1 Å². The molecule has 1 atom stereocenters. The number of rotatable bonds is 3. The number of halogens is 1. The second kappa shape index (κ2) is 4.74. The Morgan fingerprint density at radius 2 is 2.11 bits per heavy atom. The Hall–Kier alpha value is -1.33. The van der Waals surface area contributed by atoms with E-state index >= 15 is 0 Å². The minimum atomic E-state index is -0.605. The lowest BCUT2D eigenvalue weighted by Crippen LogP contribution is -2.15. The second-order valence-electron chi connectivity index (χ2n) is 3.97. The van der Waals surface area contributed by atoms with Crippen molar-refractivity contribution in [3.63, 3.8) is 0 Å². The maximum absolute atomic E-state index is 11.6. The first-order valence-corrected chi connectivity index (χ1v) is 6.13. The van der Waals surface area contributed by atoms with Crippen LogP contribution in [0.2, 0.25) is 0 Å². The van der Waals surface area contributed by atoms with Crippen LogP contribution in [0.1, 0.15) is 22.8 Å². The van der Waals surface area contributed by atoms with E-state index in [9.17, 15) is 4.79 Å². The number of ether oxygens (including phenoxy) is 2. The first-order valence-electron chi connectivity index (χ1n) is 5.33. The van der Waals surface area contributed by atoms with Gasteiger partial charge in [0.05, 0.1) is 7.11 Å². The molecule has 2 rings (SSSR count). The van der Waals surface area contributed by atoms with E-state index in [1.165, 1.54) is 13.4 Å². The molecule has 0 bridgehead atoms. The molecular weight excluding hydrogens is 300 g/mol. The van der Waals surface area contributed by atoms with Crippen molar-refractivity contribution in [2.75, 3.05) is 14.2 Å². The lowest BCUT2D eigenvalue weighted by molar-refractivity contribution is 0.0601. The largest absolute Gasteiger partial charge is 0.465 e. The number of hydrogen-bond donors (Lipinski definition) is 0. The van der Waals surface area contributed by atoms with Gasteiger partial charge in [-0.3, -0.25) is 0 Å². The maximum Gasteiger partial charge on any atom is 0.341 e. The normalized spacial score (nSPS) is 14.4.